The third kappa shape index (κ3) is 2.75. The van der Waals surface area contributed by atoms with Crippen LogP contribution in [0.25, 0.3) is 10.9 Å². The smallest absolute Gasteiger partial charge is 0.270 e. The van der Waals surface area contributed by atoms with Crippen LogP contribution in [0.5, 0.6) is 5.75 Å². The van der Waals surface area contributed by atoms with E-state index >= 15 is 0 Å². The molecule has 4 rings (SSSR count). The number of nitrogens with zero attached hydrogens (tertiary/aromatic N) is 1. The van der Waals surface area contributed by atoms with Gasteiger partial charge in [0.1, 0.15) is 17.5 Å². The van der Waals surface area contributed by atoms with Gasteiger partial charge in [0.25, 0.3) is 5.91 Å². The summed E-state index contributed by atoms with van der Waals surface area (Å²) in [5, 5.41) is 1.17. The molecule has 0 aliphatic carbocycles. The van der Waals surface area contributed by atoms with E-state index < -0.39 is 0 Å². The quantitative estimate of drug-likeness (QED) is 0.767. The Morgan fingerprint density at radius 3 is 2.50 bits per heavy atom. The van der Waals surface area contributed by atoms with Crippen LogP contribution in [-0.2, 0) is 0 Å². The number of aromatic nitrogens is 1. The van der Waals surface area contributed by atoms with E-state index in [-0.39, 0.29) is 12.0 Å². The molecule has 1 aromatic heterocycles. The van der Waals surface area contributed by atoms with E-state index in [9.17, 15) is 4.79 Å². The molecule has 4 heteroatoms. The van der Waals surface area contributed by atoms with Gasteiger partial charge in [-0.15, -0.1) is 0 Å². The second-order valence-corrected chi connectivity index (χ2v) is 7.34. The van der Waals surface area contributed by atoms with Crippen LogP contribution in [0, 0.1) is 27.7 Å². The highest BCUT2D eigenvalue weighted by Crippen LogP contribution is 2.29. The number of hydrogen-bond donors (Lipinski definition) is 1. The molecule has 134 valence electrons. The van der Waals surface area contributed by atoms with Gasteiger partial charge >= 0.3 is 0 Å². The van der Waals surface area contributed by atoms with E-state index in [0.29, 0.717) is 18.8 Å². The first-order chi connectivity index (χ1) is 12.4. The molecule has 2 aromatic carbocycles. The zero-order chi connectivity index (χ0) is 18.4. The number of fused-ring (bicyclic) bond motifs is 1. The number of aromatic amines is 1. The Balaban J connectivity index is 1.50. The fraction of sp³-hybridized carbons (Fsp3) is 0.318. The Bertz CT molecular complexity index is 997. The summed E-state index contributed by atoms with van der Waals surface area (Å²) >= 11 is 0. The maximum Gasteiger partial charge on any atom is 0.270 e. The number of rotatable bonds is 3. The van der Waals surface area contributed by atoms with Crippen molar-refractivity contribution in [2.75, 3.05) is 13.1 Å². The minimum absolute atomic E-state index is 0.0570. The van der Waals surface area contributed by atoms with Gasteiger partial charge in [-0.3, -0.25) is 4.79 Å². The molecule has 0 radical (unpaired) electrons. The predicted octanol–water partition coefficient (Wildman–Crippen LogP) is 4.30. The maximum absolute atomic E-state index is 12.9. The molecule has 1 saturated heterocycles. The fourth-order valence-corrected chi connectivity index (χ4v) is 3.73. The summed E-state index contributed by atoms with van der Waals surface area (Å²) in [5.74, 6) is 0.928. The molecule has 1 amide bonds. The number of carbonyl (C=O) groups is 1. The third-order valence-electron chi connectivity index (χ3n) is 5.26. The number of benzene rings is 2. The molecule has 0 unspecified atom stereocenters. The number of hydrogen-bond acceptors (Lipinski definition) is 2. The molecule has 1 aliphatic heterocycles. The normalized spacial score (nSPS) is 14.5. The van der Waals surface area contributed by atoms with Gasteiger partial charge in [0.2, 0.25) is 0 Å². The van der Waals surface area contributed by atoms with Crippen molar-refractivity contribution in [1.82, 2.24) is 9.88 Å². The second kappa shape index (κ2) is 6.20. The van der Waals surface area contributed by atoms with Crippen LogP contribution in [0.4, 0.5) is 0 Å². The molecule has 1 N–H and O–H groups in total. The number of likely N-dealkylation sites (tertiary alicyclic amines) is 1. The number of carbonyl (C=O) groups excluding carboxylic acids is 1. The molecule has 0 atom stereocenters. The van der Waals surface area contributed by atoms with Crippen molar-refractivity contribution >= 4 is 16.8 Å². The van der Waals surface area contributed by atoms with Gasteiger partial charge in [0.15, 0.2) is 0 Å². The minimum atomic E-state index is 0.0570. The summed E-state index contributed by atoms with van der Waals surface area (Å²) in [6, 6.07) is 12.2. The van der Waals surface area contributed by atoms with E-state index in [0.717, 1.165) is 22.4 Å². The van der Waals surface area contributed by atoms with E-state index in [1.54, 1.807) is 0 Å². The van der Waals surface area contributed by atoms with Gasteiger partial charge in [0, 0.05) is 10.9 Å². The summed E-state index contributed by atoms with van der Waals surface area (Å²) in [7, 11) is 0. The molecular formula is C22H24N2O2. The molecular weight excluding hydrogens is 324 g/mol. The van der Waals surface area contributed by atoms with Gasteiger partial charge in [0.05, 0.1) is 13.1 Å². The standard InChI is InChI=1S/C22H24N2O2/c1-13-6-5-7-17(10-13)26-18-11-24(12-18)22(25)21-16(4)19-14(2)8-9-15(3)20(19)23-21/h5-10,18,23H,11-12H2,1-4H3. The van der Waals surface area contributed by atoms with E-state index in [1.807, 2.05) is 43.0 Å². The average Bonchev–Trinajstić information content (AvgIpc) is 2.92. The number of nitrogens with one attached hydrogen (secondary N) is 1. The van der Waals surface area contributed by atoms with E-state index in [1.165, 1.54) is 16.5 Å². The predicted molar refractivity (Wildman–Crippen MR) is 104 cm³/mol. The van der Waals surface area contributed by atoms with Crippen LogP contribution in [0.1, 0.15) is 32.7 Å². The van der Waals surface area contributed by atoms with Crippen LogP contribution in [0.3, 0.4) is 0 Å². The first-order valence-electron chi connectivity index (χ1n) is 9.05. The molecule has 1 fully saturated rings. The van der Waals surface area contributed by atoms with Crippen molar-refractivity contribution in [3.63, 3.8) is 0 Å². The summed E-state index contributed by atoms with van der Waals surface area (Å²) in [6.07, 6.45) is 0.0638. The molecule has 0 spiro atoms. The van der Waals surface area contributed by atoms with Crippen molar-refractivity contribution in [3.05, 3.63) is 64.3 Å². The highest BCUT2D eigenvalue weighted by Gasteiger charge is 2.34. The zero-order valence-electron chi connectivity index (χ0n) is 15.7. The highest BCUT2D eigenvalue weighted by molar-refractivity contribution is 6.02. The molecule has 1 aliphatic rings. The van der Waals surface area contributed by atoms with Gasteiger partial charge in [-0.1, -0.05) is 24.3 Å². The lowest BCUT2D eigenvalue weighted by Crippen LogP contribution is -2.56. The van der Waals surface area contributed by atoms with E-state index in [4.69, 9.17) is 4.74 Å². The Hall–Kier alpha value is -2.75. The summed E-state index contributed by atoms with van der Waals surface area (Å²) in [5.41, 5.74) is 6.34. The minimum Gasteiger partial charge on any atom is -0.487 e. The van der Waals surface area contributed by atoms with Crippen LogP contribution < -0.4 is 4.74 Å². The SMILES string of the molecule is Cc1cccc(OC2CN(C(=O)c3[nH]c4c(C)ccc(C)c4c3C)C2)c1. The van der Waals surface area contributed by atoms with Gasteiger partial charge < -0.3 is 14.6 Å². The van der Waals surface area contributed by atoms with E-state index in [2.05, 4.69) is 31.0 Å². The lowest BCUT2D eigenvalue weighted by atomic mass is 10.0. The van der Waals surface area contributed by atoms with Gasteiger partial charge in [-0.05, 0) is 62.1 Å². The highest BCUT2D eigenvalue weighted by atomic mass is 16.5. The average molecular weight is 348 g/mol. The Labute approximate surface area is 153 Å². The van der Waals surface area contributed by atoms with Crippen LogP contribution in [0.2, 0.25) is 0 Å². The van der Waals surface area contributed by atoms with Crippen LogP contribution in [-0.4, -0.2) is 35.0 Å². The van der Waals surface area contributed by atoms with Crippen molar-refractivity contribution < 1.29 is 9.53 Å². The van der Waals surface area contributed by atoms with Crippen LogP contribution in [0.15, 0.2) is 36.4 Å². The summed E-state index contributed by atoms with van der Waals surface area (Å²) in [6.45, 7) is 9.48. The van der Waals surface area contributed by atoms with Crippen LogP contribution >= 0.6 is 0 Å². The lowest BCUT2D eigenvalue weighted by Gasteiger charge is -2.38. The molecule has 0 bridgehead atoms. The fourth-order valence-electron chi connectivity index (χ4n) is 3.73. The molecule has 3 aromatic rings. The number of H-pyrrole nitrogens is 1. The summed E-state index contributed by atoms with van der Waals surface area (Å²) in [4.78, 5) is 18.1. The van der Waals surface area contributed by atoms with Crippen molar-refractivity contribution in [1.29, 1.82) is 0 Å². The Kier molecular flexibility index (Phi) is 3.98. The van der Waals surface area contributed by atoms with Crippen molar-refractivity contribution in [2.24, 2.45) is 0 Å². The largest absolute Gasteiger partial charge is 0.487 e. The topological polar surface area (TPSA) is 45.3 Å². The second-order valence-electron chi connectivity index (χ2n) is 7.34. The monoisotopic (exact) mass is 348 g/mol. The number of amides is 1. The van der Waals surface area contributed by atoms with Crippen molar-refractivity contribution in [2.45, 2.75) is 33.8 Å². The Morgan fingerprint density at radius 2 is 1.81 bits per heavy atom. The van der Waals surface area contributed by atoms with Gasteiger partial charge in [-0.2, -0.15) is 0 Å². The summed E-state index contributed by atoms with van der Waals surface area (Å²) < 4.78 is 5.97. The lowest BCUT2D eigenvalue weighted by molar-refractivity contribution is 0.0173. The first-order valence-corrected chi connectivity index (χ1v) is 9.05. The third-order valence-corrected chi connectivity index (χ3v) is 5.26. The van der Waals surface area contributed by atoms with Gasteiger partial charge in [-0.25, -0.2) is 0 Å². The number of ether oxygens (including phenoxy) is 1. The Morgan fingerprint density at radius 1 is 1.08 bits per heavy atom. The van der Waals surface area contributed by atoms with Crippen molar-refractivity contribution in [3.8, 4) is 5.75 Å². The molecule has 4 nitrogen and oxygen atoms in total. The molecule has 2 heterocycles. The molecule has 0 saturated carbocycles. The molecule has 26 heavy (non-hydrogen) atoms. The zero-order valence-corrected chi connectivity index (χ0v) is 15.7. The first kappa shape index (κ1) is 16.7. The maximum atomic E-state index is 12.9. The number of aryl methyl sites for hydroxylation is 4.